The Morgan fingerprint density at radius 1 is 1.29 bits per heavy atom. The van der Waals surface area contributed by atoms with Crippen molar-refractivity contribution in [2.75, 3.05) is 7.05 Å². The smallest absolute Gasteiger partial charge is 0.241 e. The van der Waals surface area contributed by atoms with E-state index in [1.807, 2.05) is 6.92 Å². The predicted octanol–water partition coefficient (Wildman–Crippen LogP) is 2.65. The Morgan fingerprint density at radius 3 is 2.52 bits per heavy atom. The van der Waals surface area contributed by atoms with Gasteiger partial charge in [0.15, 0.2) is 0 Å². The number of hydrogen-bond donors (Lipinski definition) is 2. The van der Waals surface area contributed by atoms with Crippen molar-refractivity contribution in [2.45, 2.75) is 51.1 Å². The van der Waals surface area contributed by atoms with Gasteiger partial charge in [0.25, 0.3) is 0 Å². The Labute approximate surface area is 127 Å². The van der Waals surface area contributed by atoms with E-state index in [2.05, 4.69) is 23.9 Å². The summed E-state index contributed by atoms with van der Waals surface area (Å²) in [4.78, 5) is 0.00727. The molecule has 0 aliphatic carbocycles. The summed E-state index contributed by atoms with van der Waals surface area (Å²) < 4.78 is 41.0. The maximum absolute atomic E-state index is 13.4. The highest BCUT2D eigenvalue weighted by molar-refractivity contribution is 7.89. The molecule has 2 unspecified atom stereocenters. The van der Waals surface area contributed by atoms with Crippen LogP contribution in [-0.2, 0) is 16.6 Å². The van der Waals surface area contributed by atoms with Gasteiger partial charge in [0.05, 0.1) is 4.90 Å². The lowest BCUT2D eigenvalue weighted by Gasteiger charge is -2.19. The molecule has 0 saturated heterocycles. The lowest BCUT2D eigenvalue weighted by molar-refractivity contribution is 0.445. The van der Waals surface area contributed by atoms with Crippen LogP contribution in [0.15, 0.2) is 23.1 Å². The molecule has 6 heteroatoms. The van der Waals surface area contributed by atoms with Crippen LogP contribution < -0.4 is 10.0 Å². The summed E-state index contributed by atoms with van der Waals surface area (Å²) in [5.74, 6) is -0.114. The number of halogens is 1. The second kappa shape index (κ2) is 7.87. The molecule has 1 aromatic carbocycles. The average molecular weight is 316 g/mol. The maximum Gasteiger partial charge on any atom is 0.241 e. The molecule has 1 rings (SSSR count). The van der Waals surface area contributed by atoms with Crippen LogP contribution in [0.25, 0.3) is 0 Å². The minimum atomic E-state index is -3.72. The number of benzene rings is 1. The number of nitrogens with one attached hydrogen (secondary N) is 2. The van der Waals surface area contributed by atoms with E-state index in [0.29, 0.717) is 18.0 Å². The van der Waals surface area contributed by atoms with Gasteiger partial charge in [0.1, 0.15) is 5.82 Å². The van der Waals surface area contributed by atoms with Crippen molar-refractivity contribution in [3.05, 3.63) is 29.6 Å². The van der Waals surface area contributed by atoms with Crippen molar-refractivity contribution in [3.63, 3.8) is 0 Å². The van der Waals surface area contributed by atoms with Gasteiger partial charge in [-0.3, -0.25) is 0 Å². The van der Waals surface area contributed by atoms with E-state index >= 15 is 0 Å². The second-order valence-electron chi connectivity index (χ2n) is 5.55. The standard InChI is InChI=1S/C15H25FN2O2S/c1-5-11(2)8-12(3)18-21(19,20)15-9-14(16)7-6-13(15)10-17-4/h6-7,9,11-12,17-18H,5,8,10H2,1-4H3. The summed E-state index contributed by atoms with van der Waals surface area (Å²) in [5, 5.41) is 2.90. The number of hydrogen-bond acceptors (Lipinski definition) is 3. The molecule has 0 heterocycles. The second-order valence-corrected chi connectivity index (χ2v) is 7.24. The molecule has 120 valence electrons. The average Bonchev–Trinajstić information content (AvgIpc) is 2.40. The van der Waals surface area contributed by atoms with Gasteiger partial charge in [-0.2, -0.15) is 0 Å². The van der Waals surface area contributed by atoms with Crippen LogP contribution in [0.5, 0.6) is 0 Å². The summed E-state index contributed by atoms with van der Waals surface area (Å²) in [7, 11) is -2.00. The van der Waals surface area contributed by atoms with E-state index in [1.54, 1.807) is 7.05 Å². The summed E-state index contributed by atoms with van der Waals surface area (Å²) in [6.07, 6.45) is 1.75. The topological polar surface area (TPSA) is 58.2 Å². The van der Waals surface area contributed by atoms with Crippen molar-refractivity contribution < 1.29 is 12.8 Å². The summed E-state index contributed by atoms with van der Waals surface area (Å²) in [6, 6.07) is 3.66. The molecule has 0 aliphatic heterocycles. The quantitative estimate of drug-likeness (QED) is 0.775. The van der Waals surface area contributed by atoms with Crippen molar-refractivity contribution in [1.29, 1.82) is 0 Å². The highest BCUT2D eigenvalue weighted by Gasteiger charge is 2.22. The van der Waals surface area contributed by atoms with Crippen molar-refractivity contribution >= 4 is 10.0 Å². The third-order valence-electron chi connectivity index (χ3n) is 3.50. The van der Waals surface area contributed by atoms with Crippen molar-refractivity contribution in [1.82, 2.24) is 10.0 Å². The van der Waals surface area contributed by atoms with Gasteiger partial charge >= 0.3 is 0 Å². The molecule has 0 aliphatic rings. The molecule has 2 N–H and O–H groups in total. The SMILES string of the molecule is CCC(C)CC(C)NS(=O)(=O)c1cc(F)ccc1CNC. The Kier molecular flexibility index (Phi) is 6.77. The molecule has 0 saturated carbocycles. The molecular weight excluding hydrogens is 291 g/mol. The van der Waals surface area contributed by atoms with E-state index < -0.39 is 15.8 Å². The van der Waals surface area contributed by atoms with Crippen LogP contribution in [-0.4, -0.2) is 21.5 Å². The molecule has 4 nitrogen and oxygen atoms in total. The minimum Gasteiger partial charge on any atom is -0.316 e. The molecule has 0 aromatic heterocycles. The molecule has 0 bridgehead atoms. The monoisotopic (exact) mass is 316 g/mol. The Morgan fingerprint density at radius 2 is 1.95 bits per heavy atom. The van der Waals surface area contributed by atoms with Crippen LogP contribution in [0.2, 0.25) is 0 Å². The minimum absolute atomic E-state index is 0.00727. The zero-order valence-corrected chi connectivity index (χ0v) is 13.9. The zero-order chi connectivity index (χ0) is 16.0. The van der Waals surface area contributed by atoms with Crippen LogP contribution in [0.4, 0.5) is 4.39 Å². The third-order valence-corrected chi connectivity index (χ3v) is 5.17. The van der Waals surface area contributed by atoms with Gasteiger partial charge in [-0.1, -0.05) is 26.3 Å². The van der Waals surface area contributed by atoms with Gasteiger partial charge in [-0.25, -0.2) is 17.5 Å². The zero-order valence-electron chi connectivity index (χ0n) is 13.1. The fourth-order valence-corrected chi connectivity index (χ4v) is 3.77. The first kappa shape index (κ1) is 18.1. The third kappa shape index (κ3) is 5.37. The maximum atomic E-state index is 13.4. The lowest BCUT2D eigenvalue weighted by Crippen LogP contribution is -2.34. The summed E-state index contributed by atoms with van der Waals surface area (Å²) in [6.45, 7) is 6.36. The molecular formula is C15H25FN2O2S. The molecule has 0 radical (unpaired) electrons. The molecule has 0 fully saturated rings. The van der Waals surface area contributed by atoms with E-state index in [4.69, 9.17) is 0 Å². The Bertz CT molecular complexity index is 561. The molecule has 2 atom stereocenters. The van der Waals surface area contributed by atoms with E-state index in [-0.39, 0.29) is 10.9 Å². The molecule has 1 aromatic rings. The first-order valence-corrected chi connectivity index (χ1v) is 8.73. The summed E-state index contributed by atoms with van der Waals surface area (Å²) in [5.41, 5.74) is 0.558. The first-order valence-electron chi connectivity index (χ1n) is 7.25. The van der Waals surface area contributed by atoms with Crippen molar-refractivity contribution in [2.24, 2.45) is 5.92 Å². The van der Waals surface area contributed by atoms with Crippen LogP contribution >= 0.6 is 0 Å². The highest BCUT2D eigenvalue weighted by atomic mass is 32.2. The summed E-state index contributed by atoms with van der Waals surface area (Å²) >= 11 is 0. The van der Waals surface area contributed by atoms with Gasteiger partial charge in [0, 0.05) is 12.6 Å². The Balaban J connectivity index is 2.99. The van der Waals surface area contributed by atoms with E-state index in [0.717, 1.165) is 18.9 Å². The normalized spacial score (nSPS) is 14.9. The largest absolute Gasteiger partial charge is 0.316 e. The number of rotatable bonds is 8. The van der Waals surface area contributed by atoms with Crippen LogP contribution in [0.1, 0.15) is 39.2 Å². The van der Waals surface area contributed by atoms with Crippen LogP contribution in [0.3, 0.4) is 0 Å². The van der Waals surface area contributed by atoms with E-state index in [1.165, 1.54) is 12.1 Å². The van der Waals surface area contributed by atoms with Crippen molar-refractivity contribution in [3.8, 4) is 0 Å². The molecule has 0 spiro atoms. The number of sulfonamides is 1. The molecule has 21 heavy (non-hydrogen) atoms. The van der Waals surface area contributed by atoms with Gasteiger partial charge in [0.2, 0.25) is 10.0 Å². The van der Waals surface area contributed by atoms with Crippen LogP contribution in [0, 0.1) is 11.7 Å². The van der Waals surface area contributed by atoms with E-state index in [9.17, 15) is 12.8 Å². The van der Waals surface area contributed by atoms with Gasteiger partial charge < -0.3 is 5.32 Å². The molecule has 0 amide bonds. The fraction of sp³-hybridized carbons (Fsp3) is 0.600. The fourth-order valence-electron chi connectivity index (χ4n) is 2.26. The predicted molar refractivity (Wildman–Crippen MR) is 83.0 cm³/mol. The Hall–Kier alpha value is -0.980. The van der Waals surface area contributed by atoms with Gasteiger partial charge in [-0.15, -0.1) is 0 Å². The first-order chi connectivity index (χ1) is 9.80. The highest BCUT2D eigenvalue weighted by Crippen LogP contribution is 2.19. The van der Waals surface area contributed by atoms with Gasteiger partial charge in [-0.05, 0) is 44.0 Å². The lowest BCUT2D eigenvalue weighted by atomic mass is 10.0.